The number of aryl methyl sites for hydroxylation is 1. The minimum absolute atomic E-state index is 0.104. The summed E-state index contributed by atoms with van der Waals surface area (Å²) < 4.78 is 47.6. The zero-order valence-corrected chi connectivity index (χ0v) is 10.2. The third-order valence-corrected chi connectivity index (χ3v) is 3.94. The van der Waals surface area contributed by atoms with Gasteiger partial charge in [-0.05, 0) is 30.0 Å². The second kappa shape index (κ2) is 4.49. The monoisotopic (exact) mass is 248 g/mol. The molecular formula is C11H14F2O2S. The van der Waals surface area contributed by atoms with E-state index < -0.39 is 15.6 Å². The summed E-state index contributed by atoms with van der Waals surface area (Å²) in [7, 11) is -4.50. The first-order chi connectivity index (χ1) is 7.26. The van der Waals surface area contributed by atoms with Crippen LogP contribution in [-0.2, 0) is 9.84 Å². The Hall–Kier alpha value is -0.970. The summed E-state index contributed by atoms with van der Waals surface area (Å²) >= 11 is 0. The van der Waals surface area contributed by atoms with E-state index in [0.717, 1.165) is 5.56 Å². The molecule has 0 amide bonds. The lowest BCUT2D eigenvalue weighted by Gasteiger charge is -2.11. The van der Waals surface area contributed by atoms with Gasteiger partial charge in [0.2, 0.25) is 9.84 Å². The summed E-state index contributed by atoms with van der Waals surface area (Å²) in [6, 6.07) is 4.65. The number of rotatable bonds is 3. The molecule has 0 heterocycles. The fourth-order valence-corrected chi connectivity index (χ4v) is 2.39. The zero-order chi connectivity index (χ0) is 12.5. The fourth-order valence-electron chi connectivity index (χ4n) is 1.38. The Balaban J connectivity index is 3.39. The van der Waals surface area contributed by atoms with Gasteiger partial charge in [-0.2, -0.15) is 8.78 Å². The van der Waals surface area contributed by atoms with Crippen molar-refractivity contribution in [3.05, 3.63) is 29.3 Å². The highest BCUT2D eigenvalue weighted by molar-refractivity contribution is 7.91. The van der Waals surface area contributed by atoms with Crippen LogP contribution in [0.15, 0.2) is 23.1 Å². The predicted molar refractivity (Wildman–Crippen MR) is 58.5 cm³/mol. The van der Waals surface area contributed by atoms with Gasteiger partial charge in [-0.25, -0.2) is 8.42 Å². The maximum Gasteiger partial charge on any atom is 0.341 e. The van der Waals surface area contributed by atoms with E-state index in [1.165, 1.54) is 13.0 Å². The largest absolute Gasteiger partial charge is 0.341 e. The summed E-state index contributed by atoms with van der Waals surface area (Å²) in [5.74, 6) is -3.26. The van der Waals surface area contributed by atoms with Crippen LogP contribution >= 0.6 is 0 Å². The van der Waals surface area contributed by atoms with E-state index in [1.54, 1.807) is 12.1 Å². The van der Waals surface area contributed by atoms with Crippen LogP contribution in [0.1, 0.15) is 30.9 Å². The van der Waals surface area contributed by atoms with Gasteiger partial charge in [-0.15, -0.1) is 0 Å². The molecule has 1 aromatic carbocycles. The van der Waals surface area contributed by atoms with Crippen molar-refractivity contribution in [2.75, 3.05) is 0 Å². The average Bonchev–Trinajstić information content (AvgIpc) is 2.17. The molecule has 0 unspecified atom stereocenters. The van der Waals surface area contributed by atoms with E-state index in [2.05, 4.69) is 0 Å². The Morgan fingerprint density at radius 2 is 1.75 bits per heavy atom. The summed E-state index contributed by atoms with van der Waals surface area (Å²) in [6.07, 6.45) is 0. The molecule has 1 rings (SSSR count). The Bertz CT molecular complexity index is 479. The third-order valence-electron chi connectivity index (χ3n) is 2.42. The predicted octanol–water partition coefficient (Wildman–Crippen LogP) is 3.11. The molecule has 16 heavy (non-hydrogen) atoms. The number of alkyl halides is 2. The van der Waals surface area contributed by atoms with Crippen LogP contribution < -0.4 is 0 Å². The van der Waals surface area contributed by atoms with E-state index in [1.807, 2.05) is 13.8 Å². The van der Waals surface area contributed by atoms with Gasteiger partial charge in [0.25, 0.3) is 0 Å². The summed E-state index contributed by atoms with van der Waals surface area (Å²) in [5.41, 5.74) is 1.09. The molecule has 2 nitrogen and oxygen atoms in total. The van der Waals surface area contributed by atoms with Crippen molar-refractivity contribution in [1.82, 2.24) is 0 Å². The topological polar surface area (TPSA) is 34.1 Å². The first kappa shape index (κ1) is 13.1. The Kier molecular flexibility index (Phi) is 3.68. The van der Waals surface area contributed by atoms with Gasteiger partial charge in [-0.3, -0.25) is 0 Å². The number of hydrogen-bond donors (Lipinski definition) is 0. The Labute approximate surface area is 94.2 Å². The molecule has 0 radical (unpaired) electrons. The highest BCUT2D eigenvalue weighted by Gasteiger charge is 2.28. The molecule has 0 spiro atoms. The average molecular weight is 248 g/mol. The lowest BCUT2D eigenvalue weighted by molar-refractivity contribution is 0.234. The number of sulfone groups is 1. The van der Waals surface area contributed by atoms with Gasteiger partial charge < -0.3 is 0 Å². The van der Waals surface area contributed by atoms with Crippen molar-refractivity contribution in [1.29, 1.82) is 0 Å². The molecule has 0 N–H and O–H groups in total. The Morgan fingerprint density at radius 3 is 2.19 bits per heavy atom. The molecule has 0 aliphatic carbocycles. The van der Waals surface area contributed by atoms with E-state index in [0.29, 0.717) is 5.56 Å². The van der Waals surface area contributed by atoms with Crippen LogP contribution in [0.3, 0.4) is 0 Å². The third kappa shape index (κ3) is 2.40. The maximum atomic E-state index is 12.4. The summed E-state index contributed by atoms with van der Waals surface area (Å²) in [4.78, 5) is -0.270. The molecule has 1 aromatic rings. The van der Waals surface area contributed by atoms with Gasteiger partial charge in [0.1, 0.15) is 0 Å². The molecule has 0 aliphatic rings. The first-order valence-electron chi connectivity index (χ1n) is 4.89. The van der Waals surface area contributed by atoms with Crippen LogP contribution in [-0.4, -0.2) is 14.2 Å². The maximum absolute atomic E-state index is 12.4. The van der Waals surface area contributed by atoms with E-state index in [4.69, 9.17) is 0 Å². The van der Waals surface area contributed by atoms with Crippen molar-refractivity contribution < 1.29 is 17.2 Å². The van der Waals surface area contributed by atoms with Gasteiger partial charge in [0, 0.05) is 0 Å². The van der Waals surface area contributed by atoms with Crippen molar-refractivity contribution in [3.63, 3.8) is 0 Å². The van der Waals surface area contributed by atoms with Gasteiger partial charge >= 0.3 is 5.76 Å². The van der Waals surface area contributed by atoms with Crippen LogP contribution in [0.4, 0.5) is 8.78 Å². The molecule has 0 aliphatic heterocycles. The smallest absolute Gasteiger partial charge is 0.218 e. The minimum atomic E-state index is -4.50. The molecule has 0 fully saturated rings. The van der Waals surface area contributed by atoms with Gasteiger partial charge in [0.05, 0.1) is 4.90 Å². The van der Waals surface area contributed by atoms with Crippen molar-refractivity contribution in [2.24, 2.45) is 0 Å². The number of benzene rings is 1. The van der Waals surface area contributed by atoms with E-state index in [-0.39, 0.29) is 10.8 Å². The SMILES string of the molecule is Cc1ccc(C(C)C)cc1S(=O)(=O)C(F)F. The first-order valence-corrected chi connectivity index (χ1v) is 6.44. The molecule has 0 saturated heterocycles. The second-order valence-corrected chi connectivity index (χ2v) is 5.87. The van der Waals surface area contributed by atoms with Crippen molar-refractivity contribution in [3.8, 4) is 0 Å². The lowest BCUT2D eigenvalue weighted by atomic mass is 10.0. The highest BCUT2D eigenvalue weighted by atomic mass is 32.2. The Morgan fingerprint density at radius 1 is 1.19 bits per heavy atom. The fraction of sp³-hybridized carbons (Fsp3) is 0.455. The molecule has 0 aromatic heterocycles. The van der Waals surface area contributed by atoms with Gasteiger partial charge in [-0.1, -0.05) is 26.0 Å². The normalized spacial score (nSPS) is 12.4. The summed E-state index contributed by atoms with van der Waals surface area (Å²) in [6.45, 7) is 5.27. The highest BCUT2D eigenvalue weighted by Crippen LogP contribution is 2.25. The van der Waals surface area contributed by atoms with E-state index >= 15 is 0 Å². The van der Waals surface area contributed by atoms with Crippen molar-refractivity contribution in [2.45, 2.75) is 37.3 Å². The zero-order valence-electron chi connectivity index (χ0n) is 9.37. The molecule has 0 saturated carbocycles. The van der Waals surface area contributed by atoms with Crippen LogP contribution in [0, 0.1) is 6.92 Å². The van der Waals surface area contributed by atoms with Crippen LogP contribution in [0.25, 0.3) is 0 Å². The minimum Gasteiger partial charge on any atom is -0.218 e. The van der Waals surface area contributed by atoms with Crippen molar-refractivity contribution >= 4 is 9.84 Å². The summed E-state index contributed by atoms with van der Waals surface area (Å²) in [5, 5.41) is 0. The van der Waals surface area contributed by atoms with E-state index in [9.17, 15) is 17.2 Å². The number of hydrogen-bond acceptors (Lipinski definition) is 2. The van der Waals surface area contributed by atoms with Crippen LogP contribution in [0.2, 0.25) is 0 Å². The molecule has 5 heteroatoms. The molecule has 0 atom stereocenters. The lowest BCUT2D eigenvalue weighted by Crippen LogP contribution is -2.13. The molecule has 90 valence electrons. The second-order valence-electron chi connectivity index (χ2n) is 3.99. The standard InChI is InChI=1S/C11H14F2O2S/c1-7(2)9-5-4-8(3)10(6-9)16(14,15)11(12)13/h4-7,11H,1-3H3. The molecular weight excluding hydrogens is 234 g/mol. The van der Waals surface area contributed by atoms with Gasteiger partial charge in [0.15, 0.2) is 0 Å². The molecule has 0 bridgehead atoms. The van der Waals surface area contributed by atoms with Crippen LogP contribution in [0.5, 0.6) is 0 Å². The quantitative estimate of drug-likeness (QED) is 0.823. The number of halogens is 2.